The summed E-state index contributed by atoms with van der Waals surface area (Å²) in [6, 6.07) is 5.60. The summed E-state index contributed by atoms with van der Waals surface area (Å²) < 4.78 is 21.6. The van der Waals surface area contributed by atoms with Gasteiger partial charge >= 0.3 is 0 Å². The molecule has 5 nitrogen and oxygen atoms in total. The van der Waals surface area contributed by atoms with Crippen LogP contribution < -0.4 is 15.2 Å². The van der Waals surface area contributed by atoms with Crippen LogP contribution in [0.15, 0.2) is 18.2 Å². The summed E-state index contributed by atoms with van der Waals surface area (Å²) in [5, 5.41) is 0. The molecule has 0 saturated carbocycles. The van der Waals surface area contributed by atoms with Crippen LogP contribution in [-0.2, 0) is 9.47 Å². The van der Waals surface area contributed by atoms with Crippen LogP contribution in [-0.4, -0.2) is 32.7 Å². The Labute approximate surface area is 106 Å². The molecule has 3 rings (SSSR count). The fraction of sp³-hybridized carbons (Fsp3) is 0.538. The molecule has 0 aliphatic carbocycles. The number of nitrogens with two attached hydrogens (primary N) is 1. The first-order valence-electron chi connectivity index (χ1n) is 6.17. The van der Waals surface area contributed by atoms with Crippen molar-refractivity contribution in [3.05, 3.63) is 23.8 Å². The van der Waals surface area contributed by atoms with E-state index in [9.17, 15) is 0 Å². The van der Waals surface area contributed by atoms with Crippen LogP contribution in [0.25, 0.3) is 0 Å². The number of hydrogen-bond acceptors (Lipinski definition) is 5. The second kappa shape index (κ2) is 5.14. The van der Waals surface area contributed by atoms with Gasteiger partial charge in [0, 0.05) is 6.61 Å². The Morgan fingerprint density at radius 2 is 2.22 bits per heavy atom. The van der Waals surface area contributed by atoms with Gasteiger partial charge in [0.25, 0.3) is 0 Å². The van der Waals surface area contributed by atoms with Crippen molar-refractivity contribution in [2.45, 2.75) is 18.6 Å². The average molecular weight is 251 g/mol. The second-order valence-corrected chi connectivity index (χ2v) is 4.54. The lowest BCUT2D eigenvalue weighted by Crippen LogP contribution is -2.22. The van der Waals surface area contributed by atoms with Gasteiger partial charge in [-0.05, 0) is 24.1 Å². The highest BCUT2D eigenvalue weighted by molar-refractivity contribution is 5.45. The Kier molecular flexibility index (Phi) is 3.36. The molecule has 2 aliphatic heterocycles. The van der Waals surface area contributed by atoms with Crippen LogP contribution in [0, 0.1) is 0 Å². The van der Waals surface area contributed by atoms with Gasteiger partial charge in [0.15, 0.2) is 11.5 Å². The van der Waals surface area contributed by atoms with Crippen molar-refractivity contribution in [1.82, 2.24) is 0 Å². The Balaban J connectivity index is 1.59. The second-order valence-electron chi connectivity index (χ2n) is 4.54. The SMILES string of the molecule is NC(COC1CCOC1)c1ccc2c(c1)OCO2. The summed E-state index contributed by atoms with van der Waals surface area (Å²) in [6.07, 6.45) is 1.14. The van der Waals surface area contributed by atoms with E-state index in [2.05, 4.69) is 0 Å². The molecule has 2 unspecified atom stereocenters. The summed E-state index contributed by atoms with van der Waals surface area (Å²) in [6.45, 7) is 2.23. The molecular formula is C13H17NO4. The molecule has 0 spiro atoms. The standard InChI is InChI=1S/C13H17NO4/c14-11(7-16-10-3-4-15-6-10)9-1-2-12-13(5-9)18-8-17-12/h1-2,5,10-11H,3-4,6-8,14H2. The molecule has 18 heavy (non-hydrogen) atoms. The minimum atomic E-state index is -0.153. The Hall–Kier alpha value is -1.30. The predicted octanol–water partition coefficient (Wildman–Crippen LogP) is 1.22. The van der Waals surface area contributed by atoms with E-state index in [1.165, 1.54) is 0 Å². The molecule has 2 aliphatic rings. The molecule has 0 radical (unpaired) electrons. The fourth-order valence-electron chi connectivity index (χ4n) is 2.12. The molecule has 2 atom stereocenters. The zero-order chi connectivity index (χ0) is 12.4. The average Bonchev–Trinajstić information content (AvgIpc) is 3.05. The van der Waals surface area contributed by atoms with E-state index in [0.717, 1.165) is 30.1 Å². The first-order valence-corrected chi connectivity index (χ1v) is 6.17. The van der Waals surface area contributed by atoms with Gasteiger partial charge in [-0.1, -0.05) is 6.07 Å². The van der Waals surface area contributed by atoms with E-state index in [1.807, 2.05) is 18.2 Å². The van der Waals surface area contributed by atoms with Crippen LogP contribution in [0.1, 0.15) is 18.0 Å². The lowest BCUT2D eigenvalue weighted by Gasteiger charge is -2.16. The van der Waals surface area contributed by atoms with Crippen molar-refractivity contribution in [2.24, 2.45) is 5.73 Å². The van der Waals surface area contributed by atoms with Gasteiger partial charge in [0.1, 0.15) is 0 Å². The van der Waals surface area contributed by atoms with Crippen LogP contribution in [0.4, 0.5) is 0 Å². The van der Waals surface area contributed by atoms with Gasteiger partial charge in [-0.15, -0.1) is 0 Å². The van der Waals surface area contributed by atoms with Gasteiger partial charge in [0.05, 0.1) is 25.4 Å². The zero-order valence-electron chi connectivity index (χ0n) is 10.1. The maximum Gasteiger partial charge on any atom is 0.231 e. The third-order valence-electron chi connectivity index (χ3n) is 3.22. The summed E-state index contributed by atoms with van der Waals surface area (Å²) in [7, 11) is 0. The number of ether oxygens (including phenoxy) is 4. The van der Waals surface area contributed by atoms with E-state index in [4.69, 9.17) is 24.7 Å². The Morgan fingerprint density at radius 1 is 1.33 bits per heavy atom. The van der Waals surface area contributed by atoms with Crippen LogP contribution >= 0.6 is 0 Å². The number of rotatable bonds is 4. The zero-order valence-corrected chi connectivity index (χ0v) is 10.1. The molecule has 2 heterocycles. The number of hydrogen-bond donors (Lipinski definition) is 1. The van der Waals surface area contributed by atoms with Crippen molar-refractivity contribution < 1.29 is 18.9 Å². The normalized spacial score (nSPS) is 23.3. The highest BCUT2D eigenvalue weighted by atomic mass is 16.7. The fourth-order valence-corrected chi connectivity index (χ4v) is 2.12. The summed E-state index contributed by atoms with van der Waals surface area (Å²) >= 11 is 0. The molecule has 1 fully saturated rings. The van der Waals surface area contributed by atoms with Gasteiger partial charge in [-0.2, -0.15) is 0 Å². The maximum absolute atomic E-state index is 6.10. The molecule has 1 saturated heterocycles. The summed E-state index contributed by atoms with van der Waals surface area (Å²) in [5.41, 5.74) is 7.10. The number of fused-ring (bicyclic) bond motifs is 1. The first-order chi connectivity index (χ1) is 8.83. The maximum atomic E-state index is 6.10. The highest BCUT2D eigenvalue weighted by Gasteiger charge is 2.19. The van der Waals surface area contributed by atoms with Crippen molar-refractivity contribution in [1.29, 1.82) is 0 Å². The third kappa shape index (κ3) is 2.43. The van der Waals surface area contributed by atoms with Gasteiger partial charge in [-0.25, -0.2) is 0 Å². The smallest absolute Gasteiger partial charge is 0.231 e. The minimum absolute atomic E-state index is 0.153. The molecular weight excluding hydrogens is 234 g/mol. The molecule has 0 aromatic heterocycles. The highest BCUT2D eigenvalue weighted by Crippen LogP contribution is 2.33. The monoisotopic (exact) mass is 251 g/mol. The lowest BCUT2D eigenvalue weighted by molar-refractivity contribution is 0.0349. The number of benzene rings is 1. The van der Waals surface area contributed by atoms with Gasteiger partial charge in [0.2, 0.25) is 6.79 Å². The Bertz CT molecular complexity index is 417. The van der Waals surface area contributed by atoms with Crippen LogP contribution in [0.5, 0.6) is 11.5 Å². The third-order valence-corrected chi connectivity index (χ3v) is 3.22. The van der Waals surface area contributed by atoms with Gasteiger partial charge < -0.3 is 24.7 Å². The van der Waals surface area contributed by atoms with E-state index >= 15 is 0 Å². The topological polar surface area (TPSA) is 62.9 Å². The van der Waals surface area contributed by atoms with E-state index in [-0.39, 0.29) is 18.9 Å². The minimum Gasteiger partial charge on any atom is -0.454 e. The van der Waals surface area contributed by atoms with E-state index < -0.39 is 0 Å². The molecule has 0 bridgehead atoms. The van der Waals surface area contributed by atoms with Crippen molar-refractivity contribution in [3.8, 4) is 11.5 Å². The molecule has 98 valence electrons. The molecule has 0 amide bonds. The molecule has 2 N–H and O–H groups in total. The molecule has 1 aromatic rings. The van der Waals surface area contributed by atoms with Crippen LogP contribution in [0.3, 0.4) is 0 Å². The summed E-state index contributed by atoms with van der Waals surface area (Å²) in [4.78, 5) is 0. The largest absolute Gasteiger partial charge is 0.454 e. The van der Waals surface area contributed by atoms with E-state index in [1.54, 1.807) is 0 Å². The van der Waals surface area contributed by atoms with E-state index in [0.29, 0.717) is 13.2 Å². The Morgan fingerprint density at radius 3 is 3.06 bits per heavy atom. The summed E-state index contributed by atoms with van der Waals surface area (Å²) in [5.74, 6) is 1.53. The van der Waals surface area contributed by atoms with Crippen molar-refractivity contribution >= 4 is 0 Å². The quantitative estimate of drug-likeness (QED) is 0.871. The van der Waals surface area contributed by atoms with Crippen LogP contribution in [0.2, 0.25) is 0 Å². The first kappa shape index (κ1) is 11.8. The van der Waals surface area contributed by atoms with Crippen molar-refractivity contribution in [2.75, 3.05) is 26.6 Å². The van der Waals surface area contributed by atoms with Gasteiger partial charge in [-0.3, -0.25) is 0 Å². The molecule has 1 aromatic carbocycles. The van der Waals surface area contributed by atoms with Crippen molar-refractivity contribution in [3.63, 3.8) is 0 Å². The predicted molar refractivity (Wildman–Crippen MR) is 64.7 cm³/mol. The molecule has 5 heteroatoms. The lowest BCUT2D eigenvalue weighted by atomic mass is 10.1.